The molecule has 2 nitrogen and oxygen atoms in total. The molecule has 0 aromatic heterocycles. The molecule has 1 aromatic rings. The molecule has 2 rings (SSSR count). The number of para-hydroxylation sites is 1. The summed E-state index contributed by atoms with van der Waals surface area (Å²) in [6.07, 6.45) is 6.31. The molecular formula is C16H22N2. The lowest BCUT2D eigenvalue weighted by Crippen LogP contribution is -2.35. The maximum absolute atomic E-state index is 9.33. The topological polar surface area (TPSA) is 27.0 Å². The summed E-state index contributed by atoms with van der Waals surface area (Å²) in [7, 11) is 0. The Morgan fingerprint density at radius 1 is 1.33 bits per heavy atom. The molecule has 0 N–H and O–H groups in total. The zero-order valence-electron chi connectivity index (χ0n) is 11.4. The highest BCUT2D eigenvalue weighted by Gasteiger charge is 2.23. The zero-order valence-corrected chi connectivity index (χ0v) is 11.4. The Bertz CT molecular complexity index is 445. The Balaban J connectivity index is 2.42. The van der Waals surface area contributed by atoms with Crippen molar-refractivity contribution in [1.82, 2.24) is 0 Å². The van der Waals surface area contributed by atoms with Crippen molar-refractivity contribution >= 4 is 5.69 Å². The predicted molar refractivity (Wildman–Crippen MR) is 75.8 cm³/mol. The molecule has 1 aliphatic heterocycles. The molecule has 0 spiro atoms. The summed E-state index contributed by atoms with van der Waals surface area (Å²) in [4.78, 5) is 2.49. The maximum atomic E-state index is 9.33. The normalized spacial score (nSPS) is 20.3. The molecule has 0 radical (unpaired) electrons. The third kappa shape index (κ3) is 2.51. The van der Waals surface area contributed by atoms with Crippen LogP contribution in [-0.2, 0) is 0 Å². The molecule has 1 unspecified atom stereocenters. The molecule has 1 saturated heterocycles. The van der Waals surface area contributed by atoms with E-state index in [1.54, 1.807) is 0 Å². The van der Waals surface area contributed by atoms with Crippen molar-refractivity contribution in [1.29, 1.82) is 5.26 Å². The fourth-order valence-electron chi connectivity index (χ4n) is 3.03. The third-order valence-corrected chi connectivity index (χ3v) is 3.99. The van der Waals surface area contributed by atoms with Gasteiger partial charge in [-0.3, -0.25) is 0 Å². The Labute approximate surface area is 110 Å². The van der Waals surface area contributed by atoms with E-state index in [-0.39, 0.29) is 0 Å². The molecule has 1 fully saturated rings. The molecular weight excluding hydrogens is 220 g/mol. The van der Waals surface area contributed by atoms with Gasteiger partial charge in [0.05, 0.1) is 11.3 Å². The van der Waals surface area contributed by atoms with Crippen LogP contribution in [0.5, 0.6) is 0 Å². The van der Waals surface area contributed by atoms with Crippen LogP contribution in [0.25, 0.3) is 0 Å². The maximum Gasteiger partial charge on any atom is 0.101 e. The van der Waals surface area contributed by atoms with Gasteiger partial charge in [-0.15, -0.1) is 0 Å². The molecule has 0 aliphatic carbocycles. The van der Waals surface area contributed by atoms with E-state index in [0.717, 1.165) is 12.1 Å². The first kappa shape index (κ1) is 13.0. The minimum atomic E-state index is 0.598. The van der Waals surface area contributed by atoms with Gasteiger partial charge in [-0.05, 0) is 37.8 Å². The minimum absolute atomic E-state index is 0.598. The van der Waals surface area contributed by atoms with Crippen LogP contribution in [0.15, 0.2) is 18.2 Å². The highest BCUT2D eigenvalue weighted by molar-refractivity contribution is 5.64. The summed E-state index contributed by atoms with van der Waals surface area (Å²) in [5, 5.41) is 9.33. The second kappa shape index (κ2) is 5.91. The predicted octanol–water partition coefficient (Wildman–Crippen LogP) is 4.03. The van der Waals surface area contributed by atoms with E-state index in [1.807, 2.05) is 12.1 Å². The SMILES string of the molecule is CCC1CCCCCN1c1c(C)cccc1C#N. The Kier molecular flexibility index (Phi) is 4.25. The van der Waals surface area contributed by atoms with Crippen molar-refractivity contribution in [3.8, 4) is 6.07 Å². The van der Waals surface area contributed by atoms with E-state index in [0.29, 0.717) is 6.04 Å². The van der Waals surface area contributed by atoms with Gasteiger partial charge in [0.1, 0.15) is 6.07 Å². The van der Waals surface area contributed by atoms with Crippen LogP contribution in [0.1, 0.15) is 50.2 Å². The Hall–Kier alpha value is -1.49. The summed E-state index contributed by atoms with van der Waals surface area (Å²) in [6.45, 7) is 5.47. The summed E-state index contributed by atoms with van der Waals surface area (Å²) >= 11 is 0. The van der Waals surface area contributed by atoms with Gasteiger partial charge in [0, 0.05) is 12.6 Å². The number of rotatable bonds is 2. The van der Waals surface area contributed by atoms with E-state index < -0.39 is 0 Å². The second-order valence-corrected chi connectivity index (χ2v) is 5.19. The Morgan fingerprint density at radius 2 is 2.17 bits per heavy atom. The number of aryl methyl sites for hydroxylation is 1. The standard InChI is InChI=1S/C16H22N2/c1-3-15-10-5-4-6-11-18(15)16-13(2)8-7-9-14(16)12-17/h7-9,15H,3-6,10-11H2,1-2H3. The van der Waals surface area contributed by atoms with E-state index in [9.17, 15) is 5.26 Å². The van der Waals surface area contributed by atoms with Crippen molar-refractivity contribution in [2.75, 3.05) is 11.4 Å². The second-order valence-electron chi connectivity index (χ2n) is 5.19. The number of nitriles is 1. The lowest BCUT2D eigenvalue weighted by Gasteiger charge is -2.33. The fourth-order valence-corrected chi connectivity index (χ4v) is 3.03. The molecule has 1 aliphatic rings. The van der Waals surface area contributed by atoms with Gasteiger partial charge < -0.3 is 4.90 Å². The molecule has 2 heteroatoms. The number of benzene rings is 1. The molecule has 1 aromatic carbocycles. The van der Waals surface area contributed by atoms with Gasteiger partial charge in [-0.25, -0.2) is 0 Å². The highest BCUT2D eigenvalue weighted by Crippen LogP contribution is 2.31. The molecule has 0 saturated carbocycles. The van der Waals surface area contributed by atoms with Crippen LogP contribution >= 0.6 is 0 Å². The van der Waals surface area contributed by atoms with Crippen LogP contribution in [0, 0.1) is 18.3 Å². The monoisotopic (exact) mass is 242 g/mol. The van der Waals surface area contributed by atoms with Gasteiger partial charge >= 0.3 is 0 Å². The first-order valence-corrected chi connectivity index (χ1v) is 7.04. The molecule has 0 amide bonds. The average molecular weight is 242 g/mol. The van der Waals surface area contributed by atoms with Crippen molar-refractivity contribution in [3.05, 3.63) is 29.3 Å². The van der Waals surface area contributed by atoms with Crippen molar-refractivity contribution in [3.63, 3.8) is 0 Å². The molecule has 18 heavy (non-hydrogen) atoms. The third-order valence-electron chi connectivity index (χ3n) is 3.99. The molecule has 1 heterocycles. The lowest BCUT2D eigenvalue weighted by atomic mass is 10.0. The first-order valence-electron chi connectivity index (χ1n) is 7.04. The van der Waals surface area contributed by atoms with E-state index >= 15 is 0 Å². The van der Waals surface area contributed by atoms with Crippen LogP contribution in [0.3, 0.4) is 0 Å². The summed E-state index contributed by atoms with van der Waals surface area (Å²) in [5.74, 6) is 0. The summed E-state index contributed by atoms with van der Waals surface area (Å²) < 4.78 is 0. The molecule has 96 valence electrons. The number of hydrogen-bond donors (Lipinski definition) is 0. The van der Waals surface area contributed by atoms with Crippen molar-refractivity contribution < 1.29 is 0 Å². The number of hydrogen-bond acceptors (Lipinski definition) is 2. The fraction of sp³-hybridized carbons (Fsp3) is 0.562. The molecule has 0 bridgehead atoms. The van der Waals surface area contributed by atoms with Crippen molar-refractivity contribution in [2.24, 2.45) is 0 Å². The smallest absolute Gasteiger partial charge is 0.101 e. The van der Waals surface area contributed by atoms with Gasteiger partial charge in [0.25, 0.3) is 0 Å². The zero-order chi connectivity index (χ0) is 13.0. The minimum Gasteiger partial charge on any atom is -0.367 e. The van der Waals surface area contributed by atoms with Gasteiger partial charge in [-0.1, -0.05) is 31.9 Å². The quantitative estimate of drug-likeness (QED) is 0.783. The van der Waals surface area contributed by atoms with E-state index in [1.165, 1.54) is 43.4 Å². The van der Waals surface area contributed by atoms with E-state index in [4.69, 9.17) is 0 Å². The average Bonchev–Trinajstić information content (AvgIpc) is 2.63. The van der Waals surface area contributed by atoms with Gasteiger partial charge in [-0.2, -0.15) is 5.26 Å². The van der Waals surface area contributed by atoms with E-state index in [2.05, 4.69) is 30.9 Å². The van der Waals surface area contributed by atoms with Crippen LogP contribution in [-0.4, -0.2) is 12.6 Å². The van der Waals surface area contributed by atoms with Gasteiger partial charge in [0.2, 0.25) is 0 Å². The van der Waals surface area contributed by atoms with Crippen LogP contribution in [0.2, 0.25) is 0 Å². The van der Waals surface area contributed by atoms with Crippen LogP contribution < -0.4 is 4.90 Å². The largest absolute Gasteiger partial charge is 0.367 e. The Morgan fingerprint density at radius 3 is 2.89 bits per heavy atom. The summed E-state index contributed by atoms with van der Waals surface area (Å²) in [6, 6.07) is 9.00. The number of anilines is 1. The van der Waals surface area contributed by atoms with Gasteiger partial charge in [0.15, 0.2) is 0 Å². The lowest BCUT2D eigenvalue weighted by molar-refractivity contribution is 0.555. The highest BCUT2D eigenvalue weighted by atomic mass is 15.2. The molecule has 1 atom stereocenters. The first-order chi connectivity index (χ1) is 8.77. The number of nitrogens with zero attached hydrogens (tertiary/aromatic N) is 2. The van der Waals surface area contributed by atoms with Crippen LogP contribution in [0.4, 0.5) is 5.69 Å². The summed E-state index contributed by atoms with van der Waals surface area (Å²) in [5.41, 5.74) is 3.23. The van der Waals surface area contributed by atoms with Crippen molar-refractivity contribution in [2.45, 2.75) is 52.0 Å².